The van der Waals surface area contributed by atoms with Gasteiger partial charge >= 0.3 is 17.9 Å². The maximum Gasteiger partial charge on any atom is 0.326 e. The molecule has 0 spiro atoms. The Labute approximate surface area is 534 Å². The fourth-order valence-corrected chi connectivity index (χ4v) is 10.2. The molecule has 1 unspecified atom stereocenters. The van der Waals surface area contributed by atoms with Crippen LogP contribution >= 0.6 is 25.3 Å². The van der Waals surface area contributed by atoms with Crippen LogP contribution in [0.1, 0.15) is 90.2 Å². The Morgan fingerprint density at radius 3 is 1.73 bits per heavy atom. The number of likely N-dealkylation sites (tertiary alicyclic amines) is 1. The number of carboxylic acids is 3. The van der Waals surface area contributed by atoms with E-state index in [1.54, 1.807) is 44.3 Å². The third-order valence-electron chi connectivity index (χ3n) is 14.8. The van der Waals surface area contributed by atoms with Crippen LogP contribution in [-0.2, 0) is 75.2 Å². The summed E-state index contributed by atoms with van der Waals surface area (Å²) in [6, 6.07) is -3.74. The minimum absolute atomic E-state index is 0.00138. The van der Waals surface area contributed by atoms with Crippen LogP contribution in [0.4, 0.5) is 0 Å². The van der Waals surface area contributed by atoms with E-state index < -0.39 is 174 Å². The number of rotatable bonds is 37. The molecule has 1 aliphatic rings. The van der Waals surface area contributed by atoms with E-state index in [1.807, 2.05) is 0 Å². The van der Waals surface area contributed by atoms with Gasteiger partial charge in [-0.25, -0.2) is 4.79 Å². The summed E-state index contributed by atoms with van der Waals surface area (Å²) < 4.78 is 0. The minimum atomic E-state index is -1.88. The first-order chi connectivity index (χ1) is 43.0. The number of nitrogens with zero attached hydrogens (tertiary/aromatic N) is 1. The Hall–Kier alpha value is -8.53. The van der Waals surface area contributed by atoms with Crippen LogP contribution in [0.25, 0.3) is 10.9 Å². The van der Waals surface area contributed by atoms with Gasteiger partial charge in [0.05, 0.1) is 18.6 Å². The zero-order valence-corrected chi connectivity index (χ0v) is 52.4. The number of nitrogens with two attached hydrogens (primary N) is 2. The molecule has 0 aliphatic carbocycles. The summed E-state index contributed by atoms with van der Waals surface area (Å²) in [4.78, 5) is 178. The largest absolute Gasteiger partial charge is 0.508 e. The molecule has 500 valence electrons. The van der Waals surface area contributed by atoms with Gasteiger partial charge in [-0.05, 0) is 94.2 Å². The molecule has 0 saturated carbocycles. The van der Waals surface area contributed by atoms with E-state index >= 15 is 0 Å². The van der Waals surface area contributed by atoms with E-state index in [-0.39, 0.29) is 69.5 Å². The highest BCUT2D eigenvalue weighted by atomic mass is 32.1. The SMILES string of the molecule is CC(NC(=O)[C@H](CS)NC(=O)[C@H](CC(=O)O)NC(=O)[C@H]1CCCN1C(=O)[C@@H](NC(=O)[C@@H](N)CCC(=O)O)[C@@H](C)O)C(=O)N[C@@H](Cc1c[nH]c2ccccc12)C(=O)N[C@@H](CCCCN)C(=O)N[C@@H](Cc1ccc(O)cc1)C(=O)N[C@@H](CS)C(=O)N[C@H](C(=O)O)C(C)C. The second-order valence-corrected chi connectivity index (χ2v) is 23.0. The number of benzene rings is 2. The summed E-state index contributed by atoms with van der Waals surface area (Å²) in [6.45, 7) is 5.69. The van der Waals surface area contributed by atoms with Gasteiger partial charge in [-0.1, -0.05) is 44.2 Å². The smallest absolute Gasteiger partial charge is 0.326 e. The number of aromatic nitrogens is 1. The Kier molecular flexibility index (Phi) is 29.9. The molecular formula is C58H83N13O18S2. The van der Waals surface area contributed by atoms with Gasteiger partial charge < -0.3 is 94.7 Å². The van der Waals surface area contributed by atoms with Gasteiger partial charge in [-0.15, -0.1) is 0 Å². The van der Waals surface area contributed by atoms with Crippen LogP contribution in [0, 0.1) is 5.92 Å². The second kappa shape index (κ2) is 36.4. The second-order valence-electron chi connectivity index (χ2n) is 22.3. The Morgan fingerprint density at radius 1 is 0.615 bits per heavy atom. The van der Waals surface area contributed by atoms with E-state index in [2.05, 4.69) is 78.1 Å². The summed E-state index contributed by atoms with van der Waals surface area (Å²) in [5, 5.41) is 71.8. The molecule has 1 fully saturated rings. The van der Waals surface area contributed by atoms with Crippen molar-refractivity contribution in [3.05, 3.63) is 65.9 Å². The number of aliphatic hydroxyl groups excluding tert-OH is 1. The number of aliphatic carboxylic acids is 3. The van der Waals surface area contributed by atoms with Crippen molar-refractivity contribution in [1.82, 2.24) is 57.7 Å². The number of aliphatic hydroxyl groups is 1. The maximum absolute atomic E-state index is 14.7. The first-order valence-corrected chi connectivity index (χ1v) is 30.6. The standard InChI is InChI=1S/C58H83N13O18S2/c1-28(2)46(58(88)89)69-55(85)42(27-91)68-51(81)38(22-31-14-16-33(73)17-15-31)65-50(80)37(12-7-8-20-59)63-52(82)39(23-32-25-61-36-11-6-5-10-34(32)36)64-48(78)29(3)62-54(84)41(26-90)67-53(83)40(24-45(76)77)66-56(86)43-13-9-21-71(43)57(87)47(30(4)72)70-49(79)35(60)18-19-44(74)75/h5-6,10-11,14-17,25,28-30,35,37-43,46-47,61,72-73,90-91H,7-9,12-13,18-24,26-27,59-60H2,1-4H3,(H,62,84)(H,63,82)(H,64,78)(H,65,80)(H,66,86)(H,67,83)(H,68,81)(H,69,85)(H,70,79)(H,74,75)(H,76,77)(H,88,89)/t29?,30-,35+,37+,38+,39+,40+,41+,42+,43-,46+,47+/m1/s1. The summed E-state index contributed by atoms with van der Waals surface area (Å²) in [5.74, 6) is -15.2. The van der Waals surface area contributed by atoms with Gasteiger partial charge in [0, 0.05) is 54.4 Å². The van der Waals surface area contributed by atoms with E-state index in [0.717, 1.165) is 4.90 Å². The van der Waals surface area contributed by atoms with Crippen LogP contribution in [0.2, 0.25) is 0 Å². The van der Waals surface area contributed by atoms with E-state index in [9.17, 15) is 82.8 Å². The third kappa shape index (κ3) is 23.0. The molecule has 3 aromatic rings. The molecule has 10 amide bonds. The molecule has 2 aromatic carbocycles. The number of nitrogens with one attached hydrogen (secondary N) is 10. The quantitative estimate of drug-likeness (QED) is 0.0200. The molecule has 19 N–H and O–H groups in total. The van der Waals surface area contributed by atoms with Crippen molar-refractivity contribution in [3.8, 4) is 5.75 Å². The van der Waals surface area contributed by atoms with Crippen molar-refractivity contribution in [2.75, 3.05) is 24.6 Å². The van der Waals surface area contributed by atoms with Gasteiger partial charge in [-0.2, -0.15) is 25.3 Å². The molecule has 31 nitrogen and oxygen atoms in total. The molecule has 1 aromatic heterocycles. The van der Waals surface area contributed by atoms with Gasteiger partial charge in [0.25, 0.3) is 0 Å². The first-order valence-electron chi connectivity index (χ1n) is 29.4. The number of phenols is 1. The zero-order chi connectivity index (χ0) is 67.8. The lowest BCUT2D eigenvalue weighted by Gasteiger charge is -2.31. The number of unbranched alkanes of at least 4 members (excludes halogenated alkanes) is 1. The number of fused-ring (bicyclic) bond motifs is 1. The summed E-state index contributed by atoms with van der Waals surface area (Å²) >= 11 is 8.40. The van der Waals surface area contributed by atoms with Crippen molar-refractivity contribution < 1.29 is 87.9 Å². The predicted molar refractivity (Wildman–Crippen MR) is 333 cm³/mol. The monoisotopic (exact) mass is 1310 g/mol. The van der Waals surface area contributed by atoms with Gasteiger partial charge in [0.15, 0.2) is 0 Å². The maximum atomic E-state index is 14.7. The number of phenolic OH excluding ortho intramolecular Hbond substituents is 1. The molecule has 0 radical (unpaired) electrons. The predicted octanol–water partition coefficient (Wildman–Crippen LogP) is -3.19. The van der Waals surface area contributed by atoms with Gasteiger partial charge in [0.1, 0.15) is 66.2 Å². The van der Waals surface area contributed by atoms with Crippen LogP contribution in [0.3, 0.4) is 0 Å². The number of H-pyrrole nitrogens is 1. The molecule has 1 aliphatic heterocycles. The highest BCUT2D eigenvalue weighted by Crippen LogP contribution is 2.22. The van der Waals surface area contributed by atoms with Crippen molar-refractivity contribution in [1.29, 1.82) is 0 Å². The fourth-order valence-electron chi connectivity index (χ4n) is 9.68. The lowest BCUT2D eigenvalue weighted by Crippen LogP contribution is -2.61. The molecule has 12 atom stereocenters. The number of amides is 10. The molecule has 2 heterocycles. The van der Waals surface area contributed by atoms with Crippen LogP contribution in [0.15, 0.2) is 54.7 Å². The number of hydrogen-bond acceptors (Lipinski definition) is 19. The van der Waals surface area contributed by atoms with Crippen LogP contribution in [-0.4, -0.2) is 210 Å². The van der Waals surface area contributed by atoms with E-state index in [0.29, 0.717) is 28.5 Å². The van der Waals surface area contributed by atoms with Gasteiger partial charge in [0.2, 0.25) is 59.1 Å². The molecule has 91 heavy (non-hydrogen) atoms. The highest BCUT2D eigenvalue weighted by molar-refractivity contribution is 7.80. The van der Waals surface area contributed by atoms with Crippen LogP contribution in [0.5, 0.6) is 5.75 Å². The van der Waals surface area contributed by atoms with E-state index in [1.165, 1.54) is 38.1 Å². The Morgan fingerprint density at radius 2 is 1.15 bits per heavy atom. The van der Waals surface area contributed by atoms with E-state index in [4.69, 9.17) is 16.6 Å². The number of thiol groups is 2. The highest BCUT2D eigenvalue weighted by Gasteiger charge is 2.42. The molecule has 33 heteroatoms. The summed E-state index contributed by atoms with van der Waals surface area (Å²) in [7, 11) is 0. The zero-order valence-electron chi connectivity index (χ0n) is 50.6. The van der Waals surface area contributed by atoms with Crippen LogP contribution < -0.4 is 59.3 Å². The van der Waals surface area contributed by atoms with Crippen molar-refractivity contribution in [2.45, 2.75) is 164 Å². The Bertz CT molecular complexity index is 3080. The first kappa shape index (κ1) is 74.9. The lowest BCUT2D eigenvalue weighted by atomic mass is 10.0. The molecule has 4 rings (SSSR count). The number of hydrogen-bond donors (Lipinski definition) is 19. The molecule has 1 saturated heterocycles. The number of aromatic hydroxyl groups is 1. The average molecular weight is 1310 g/mol. The third-order valence-corrected chi connectivity index (χ3v) is 15.6. The minimum Gasteiger partial charge on any atom is -0.508 e. The summed E-state index contributed by atoms with van der Waals surface area (Å²) in [5.41, 5.74) is 13.2. The lowest BCUT2D eigenvalue weighted by molar-refractivity contribution is -0.145. The normalized spacial score (nSPS) is 16.5. The van der Waals surface area contributed by atoms with Crippen molar-refractivity contribution in [3.63, 3.8) is 0 Å². The Balaban J connectivity index is 1.55. The topological polar surface area (TPSA) is 502 Å². The molecular weight excluding hydrogens is 1230 g/mol. The number of carbonyl (C=O) groups excluding carboxylic acids is 10. The number of aromatic amines is 1. The number of para-hydroxylation sites is 1. The molecule has 0 bridgehead atoms. The van der Waals surface area contributed by atoms with Crippen molar-refractivity contribution >= 4 is 113 Å². The number of carboxylic acid groups (broad SMARTS) is 3. The van der Waals surface area contributed by atoms with Gasteiger partial charge in [-0.3, -0.25) is 57.5 Å². The van der Waals surface area contributed by atoms with Crippen molar-refractivity contribution in [2.24, 2.45) is 17.4 Å². The fraction of sp³-hybridized carbons (Fsp3) is 0.534. The number of carbonyl (C=O) groups is 13. The average Bonchev–Trinajstić information content (AvgIpc) is 1.92. The summed E-state index contributed by atoms with van der Waals surface area (Å²) in [6.07, 6.45) is -1.33.